The number of aromatic nitrogens is 1. The van der Waals surface area contributed by atoms with Crippen LogP contribution in [0.15, 0.2) is 59.7 Å². The molecule has 1 aromatic heterocycles. The van der Waals surface area contributed by atoms with Gasteiger partial charge in [-0.2, -0.15) is 0 Å². The van der Waals surface area contributed by atoms with Crippen LogP contribution in [0.2, 0.25) is 0 Å². The van der Waals surface area contributed by atoms with Crippen LogP contribution in [0, 0.1) is 0 Å². The third kappa shape index (κ3) is 4.54. The predicted octanol–water partition coefficient (Wildman–Crippen LogP) is 3.80. The van der Waals surface area contributed by atoms with Crippen molar-refractivity contribution >= 4 is 46.5 Å². The van der Waals surface area contributed by atoms with Gasteiger partial charge in [-0.15, -0.1) is 24.0 Å². The van der Waals surface area contributed by atoms with Crippen LogP contribution in [0.25, 0.3) is 10.9 Å². The highest BCUT2D eigenvalue weighted by Crippen LogP contribution is 2.28. The Hall–Kier alpha value is -2.55. The molecule has 26 heavy (non-hydrogen) atoms. The lowest BCUT2D eigenvalue weighted by atomic mass is 10.1. The van der Waals surface area contributed by atoms with Gasteiger partial charge in [-0.1, -0.05) is 24.3 Å². The van der Waals surface area contributed by atoms with Gasteiger partial charge in [0.1, 0.15) is 11.5 Å². The Labute approximate surface area is 169 Å². The molecule has 0 amide bonds. The van der Waals surface area contributed by atoms with E-state index in [9.17, 15) is 0 Å². The lowest BCUT2D eigenvalue weighted by Crippen LogP contribution is -2.23. The van der Waals surface area contributed by atoms with Crippen molar-refractivity contribution < 1.29 is 9.47 Å². The highest BCUT2D eigenvalue weighted by molar-refractivity contribution is 14.0. The summed E-state index contributed by atoms with van der Waals surface area (Å²) in [5.41, 5.74) is 8.67. The largest absolute Gasteiger partial charge is 0.497 e. The van der Waals surface area contributed by atoms with Gasteiger partial charge >= 0.3 is 0 Å². The molecule has 0 aliphatic heterocycles. The third-order valence-corrected chi connectivity index (χ3v) is 3.81. The van der Waals surface area contributed by atoms with E-state index >= 15 is 0 Å². The molecule has 0 unspecified atom stereocenters. The summed E-state index contributed by atoms with van der Waals surface area (Å²) in [7, 11) is 3.21. The molecule has 6 nitrogen and oxygen atoms in total. The molecule has 3 N–H and O–H groups in total. The summed E-state index contributed by atoms with van der Waals surface area (Å²) < 4.78 is 10.6. The lowest BCUT2D eigenvalue weighted by molar-refractivity contribution is 0.405. The van der Waals surface area contributed by atoms with Gasteiger partial charge in [0.15, 0.2) is 5.96 Å². The second-order valence-corrected chi connectivity index (χ2v) is 5.38. The number of ether oxygens (including phenoxy) is 2. The molecular formula is C19H21IN4O2. The number of halogens is 1. The van der Waals surface area contributed by atoms with Crippen LogP contribution in [-0.4, -0.2) is 25.2 Å². The first kappa shape index (κ1) is 19.8. The maximum atomic E-state index is 6.03. The SMILES string of the molecule is COc1ccc(OC)c(NC(N)=NCc2cccc3cccnc23)c1.I. The number of hydrogen-bond donors (Lipinski definition) is 2. The van der Waals surface area contributed by atoms with Gasteiger partial charge in [0, 0.05) is 17.6 Å². The second kappa shape index (κ2) is 9.23. The molecule has 0 spiro atoms. The zero-order valence-corrected chi connectivity index (χ0v) is 16.9. The number of nitrogens with one attached hydrogen (secondary N) is 1. The number of pyridine rings is 1. The van der Waals surface area contributed by atoms with Gasteiger partial charge in [-0.3, -0.25) is 4.98 Å². The number of rotatable bonds is 5. The number of anilines is 1. The van der Waals surface area contributed by atoms with Gasteiger partial charge in [-0.25, -0.2) is 4.99 Å². The van der Waals surface area contributed by atoms with Crippen LogP contribution in [0.1, 0.15) is 5.56 Å². The highest BCUT2D eigenvalue weighted by atomic mass is 127. The summed E-state index contributed by atoms with van der Waals surface area (Å²) in [5, 5.41) is 4.14. The number of benzene rings is 2. The van der Waals surface area contributed by atoms with E-state index in [0.29, 0.717) is 29.7 Å². The topological polar surface area (TPSA) is 81.8 Å². The van der Waals surface area contributed by atoms with E-state index in [0.717, 1.165) is 16.5 Å². The molecule has 2 aromatic carbocycles. The summed E-state index contributed by atoms with van der Waals surface area (Å²) in [6.07, 6.45) is 1.78. The number of guanidine groups is 1. The van der Waals surface area contributed by atoms with E-state index in [2.05, 4.69) is 15.3 Å². The van der Waals surface area contributed by atoms with Gasteiger partial charge in [0.05, 0.1) is 32.0 Å². The fourth-order valence-corrected chi connectivity index (χ4v) is 2.55. The standard InChI is InChI=1S/C19H20N4O2.HI/c1-24-15-8-9-17(25-2)16(11-15)23-19(20)22-12-14-6-3-5-13-7-4-10-21-18(13)14;/h3-11H,12H2,1-2H3,(H3,20,22,23);1H. The van der Waals surface area contributed by atoms with E-state index in [1.165, 1.54) is 0 Å². The Morgan fingerprint density at radius 1 is 1.12 bits per heavy atom. The number of nitrogens with two attached hydrogens (primary N) is 1. The molecule has 136 valence electrons. The molecule has 0 aliphatic carbocycles. The number of methoxy groups -OCH3 is 2. The molecule has 0 fully saturated rings. The first-order valence-electron chi connectivity index (χ1n) is 7.83. The molecule has 0 atom stereocenters. The monoisotopic (exact) mass is 464 g/mol. The van der Waals surface area contributed by atoms with Crippen LogP contribution in [0.4, 0.5) is 5.69 Å². The van der Waals surface area contributed by atoms with Crippen LogP contribution in [0.5, 0.6) is 11.5 Å². The van der Waals surface area contributed by atoms with Gasteiger partial charge in [0.25, 0.3) is 0 Å². The maximum Gasteiger partial charge on any atom is 0.193 e. The van der Waals surface area contributed by atoms with Crippen LogP contribution in [-0.2, 0) is 6.54 Å². The number of hydrogen-bond acceptors (Lipinski definition) is 4. The van der Waals surface area contributed by atoms with Crippen molar-refractivity contribution in [2.24, 2.45) is 10.7 Å². The van der Waals surface area contributed by atoms with Crippen molar-refractivity contribution in [2.75, 3.05) is 19.5 Å². The smallest absolute Gasteiger partial charge is 0.193 e. The van der Waals surface area contributed by atoms with Crippen LogP contribution < -0.4 is 20.5 Å². The maximum absolute atomic E-state index is 6.03. The van der Waals surface area contributed by atoms with Crippen LogP contribution >= 0.6 is 24.0 Å². The fourth-order valence-electron chi connectivity index (χ4n) is 2.55. The summed E-state index contributed by atoms with van der Waals surface area (Å²) >= 11 is 0. The quantitative estimate of drug-likeness (QED) is 0.341. The minimum absolute atomic E-state index is 0. The van der Waals surface area contributed by atoms with Gasteiger partial charge in [0.2, 0.25) is 0 Å². The van der Waals surface area contributed by atoms with E-state index in [1.807, 2.05) is 42.5 Å². The summed E-state index contributed by atoms with van der Waals surface area (Å²) in [5.74, 6) is 1.65. The van der Waals surface area contributed by atoms with Gasteiger partial charge in [-0.05, 0) is 23.8 Å². The molecule has 1 heterocycles. The fraction of sp³-hybridized carbons (Fsp3) is 0.158. The average Bonchev–Trinajstić information content (AvgIpc) is 2.66. The van der Waals surface area contributed by atoms with Crippen LogP contribution in [0.3, 0.4) is 0 Å². The lowest BCUT2D eigenvalue weighted by Gasteiger charge is -2.12. The van der Waals surface area contributed by atoms with Crippen molar-refractivity contribution in [2.45, 2.75) is 6.54 Å². The zero-order valence-electron chi connectivity index (χ0n) is 14.6. The summed E-state index contributed by atoms with van der Waals surface area (Å²) in [4.78, 5) is 8.84. The summed E-state index contributed by atoms with van der Waals surface area (Å²) in [6, 6.07) is 15.4. The Morgan fingerprint density at radius 3 is 2.69 bits per heavy atom. The third-order valence-electron chi connectivity index (χ3n) is 3.81. The number of aliphatic imine (C=N–C) groups is 1. The molecule has 3 rings (SSSR count). The molecule has 0 saturated carbocycles. The number of para-hydroxylation sites is 1. The van der Waals surface area contributed by atoms with Crippen molar-refractivity contribution in [1.29, 1.82) is 0 Å². The second-order valence-electron chi connectivity index (χ2n) is 5.38. The number of fused-ring (bicyclic) bond motifs is 1. The highest BCUT2D eigenvalue weighted by Gasteiger charge is 2.06. The van der Waals surface area contributed by atoms with Gasteiger partial charge < -0.3 is 20.5 Å². The normalized spacial score (nSPS) is 10.9. The van der Waals surface area contributed by atoms with E-state index in [1.54, 1.807) is 26.5 Å². The van der Waals surface area contributed by atoms with Crippen molar-refractivity contribution in [3.05, 3.63) is 60.3 Å². The minimum atomic E-state index is 0. The molecule has 0 aliphatic rings. The Balaban J connectivity index is 0.00000243. The molecule has 0 saturated heterocycles. The predicted molar refractivity (Wildman–Crippen MR) is 116 cm³/mol. The summed E-state index contributed by atoms with van der Waals surface area (Å²) in [6.45, 7) is 0.430. The average molecular weight is 464 g/mol. The molecule has 3 aromatic rings. The Morgan fingerprint density at radius 2 is 1.92 bits per heavy atom. The molecule has 0 radical (unpaired) electrons. The minimum Gasteiger partial charge on any atom is -0.497 e. The Bertz CT molecular complexity index is 910. The van der Waals surface area contributed by atoms with E-state index in [4.69, 9.17) is 15.2 Å². The molecule has 0 bridgehead atoms. The zero-order chi connectivity index (χ0) is 17.6. The molecular weight excluding hydrogens is 443 g/mol. The Kier molecular flexibility index (Phi) is 7.02. The van der Waals surface area contributed by atoms with Crippen molar-refractivity contribution in [3.63, 3.8) is 0 Å². The van der Waals surface area contributed by atoms with Crippen molar-refractivity contribution in [3.8, 4) is 11.5 Å². The van der Waals surface area contributed by atoms with E-state index in [-0.39, 0.29) is 24.0 Å². The molecule has 7 heteroatoms. The van der Waals surface area contributed by atoms with E-state index < -0.39 is 0 Å². The van der Waals surface area contributed by atoms with Crippen molar-refractivity contribution in [1.82, 2.24) is 4.98 Å². The first-order chi connectivity index (χ1) is 12.2. The first-order valence-corrected chi connectivity index (χ1v) is 7.83. The number of nitrogens with zero attached hydrogens (tertiary/aromatic N) is 2.